The van der Waals surface area contributed by atoms with Gasteiger partial charge in [0.25, 0.3) is 5.91 Å². The smallest absolute Gasteiger partial charge is 0.251 e. The maximum Gasteiger partial charge on any atom is 0.251 e. The summed E-state index contributed by atoms with van der Waals surface area (Å²) in [6.07, 6.45) is 1.80. The average Bonchev–Trinajstić information content (AvgIpc) is 3.11. The lowest BCUT2D eigenvalue weighted by Gasteiger charge is -2.33. The standard InChI is InChI=1S/C22H25BrN4O2/c1-29-15-14-27-20-5-3-2-4-19(20)25-22(27)26-12-10-18(11-13-26)24-21(28)16-6-8-17(23)9-7-16/h2-9,18H,10-15H2,1H3,(H,24,28). The van der Waals surface area contributed by atoms with E-state index in [2.05, 4.69) is 36.8 Å². The van der Waals surface area contributed by atoms with Crippen molar-refractivity contribution in [1.29, 1.82) is 0 Å². The second-order valence-corrected chi connectivity index (χ2v) is 8.20. The van der Waals surface area contributed by atoms with Gasteiger partial charge in [0.15, 0.2) is 0 Å². The molecule has 0 radical (unpaired) electrons. The van der Waals surface area contributed by atoms with E-state index in [1.165, 1.54) is 0 Å². The van der Waals surface area contributed by atoms with Gasteiger partial charge in [-0.2, -0.15) is 0 Å². The highest BCUT2D eigenvalue weighted by atomic mass is 79.9. The molecule has 1 N–H and O–H groups in total. The first-order valence-electron chi connectivity index (χ1n) is 9.91. The first-order valence-corrected chi connectivity index (χ1v) is 10.7. The van der Waals surface area contributed by atoms with Crippen molar-refractivity contribution in [2.24, 2.45) is 0 Å². The van der Waals surface area contributed by atoms with E-state index in [1.807, 2.05) is 42.5 Å². The highest BCUT2D eigenvalue weighted by Crippen LogP contribution is 2.25. The molecule has 1 fully saturated rings. The summed E-state index contributed by atoms with van der Waals surface area (Å²) in [6, 6.07) is 15.9. The lowest BCUT2D eigenvalue weighted by Crippen LogP contribution is -2.45. The molecule has 6 nitrogen and oxygen atoms in total. The molecule has 1 aliphatic heterocycles. The molecule has 0 unspecified atom stereocenters. The first-order chi connectivity index (χ1) is 14.2. The summed E-state index contributed by atoms with van der Waals surface area (Å²) in [6.45, 7) is 3.14. The number of hydrogen-bond donors (Lipinski definition) is 1. The average molecular weight is 457 g/mol. The number of hydrogen-bond acceptors (Lipinski definition) is 4. The molecule has 29 heavy (non-hydrogen) atoms. The van der Waals surface area contributed by atoms with Crippen LogP contribution in [-0.2, 0) is 11.3 Å². The number of ether oxygens (including phenoxy) is 1. The number of nitrogens with zero attached hydrogens (tertiary/aromatic N) is 3. The molecule has 0 aliphatic carbocycles. The molecule has 3 aromatic rings. The summed E-state index contributed by atoms with van der Waals surface area (Å²) in [4.78, 5) is 19.7. The summed E-state index contributed by atoms with van der Waals surface area (Å²) in [5.41, 5.74) is 2.83. The maximum absolute atomic E-state index is 12.5. The molecule has 0 spiro atoms. The number of rotatable bonds is 6. The molecule has 1 saturated heterocycles. The number of aromatic nitrogens is 2. The quantitative estimate of drug-likeness (QED) is 0.611. The topological polar surface area (TPSA) is 59.4 Å². The second kappa shape index (κ2) is 8.97. The van der Waals surface area contributed by atoms with E-state index in [0.717, 1.165) is 53.9 Å². The minimum atomic E-state index is -0.0108. The Morgan fingerprint density at radius 2 is 1.90 bits per heavy atom. The van der Waals surface area contributed by atoms with Gasteiger partial charge in [0.1, 0.15) is 0 Å². The summed E-state index contributed by atoms with van der Waals surface area (Å²) < 4.78 is 8.51. The van der Waals surface area contributed by atoms with Crippen LogP contribution >= 0.6 is 15.9 Å². The molecule has 7 heteroatoms. The van der Waals surface area contributed by atoms with Gasteiger partial charge in [-0.3, -0.25) is 4.79 Å². The Hall–Kier alpha value is -2.38. The highest BCUT2D eigenvalue weighted by molar-refractivity contribution is 9.10. The summed E-state index contributed by atoms with van der Waals surface area (Å²) >= 11 is 3.40. The van der Waals surface area contributed by atoms with Gasteiger partial charge < -0.3 is 19.5 Å². The normalized spacial score (nSPS) is 15.0. The molecular formula is C22H25BrN4O2. The summed E-state index contributed by atoms with van der Waals surface area (Å²) in [5, 5.41) is 3.17. The number of amides is 1. The van der Waals surface area contributed by atoms with Crippen LogP contribution in [0.25, 0.3) is 11.0 Å². The maximum atomic E-state index is 12.5. The molecule has 1 amide bonds. The number of imidazole rings is 1. The van der Waals surface area contributed by atoms with E-state index >= 15 is 0 Å². The number of carbonyl (C=O) groups excluding carboxylic acids is 1. The molecule has 152 valence electrons. The van der Waals surface area contributed by atoms with Crippen LogP contribution in [0.1, 0.15) is 23.2 Å². The van der Waals surface area contributed by atoms with Crippen molar-refractivity contribution < 1.29 is 9.53 Å². The van der Waals surface area contributed by atoms with Crippen LogP contribution in [0, 0.1) is 0 Å². The van der Waals surface area contributed by atoms with Crippen LogP contribution in [0.2, 0.25) is 0 Å². The number of benzene rings is 2. The van der Waals surface area contributed by atoms with Crippen LogP contribution in [0.5, 0.6) is 0 Å². The largest absolute Gasteiger partial charge is 0.383 e. The van der Waals surface area contributed by atoms with Gasteiger partial charge >= 0.3 is 0 Å². The van der Waals surface area contributed by atoms with Crippen molar-refractivity contribution >= 4 is 38.8 Å². The van der Waals surface area contributed by atoms with Crippen molar-refractivity contribution in [2.75, 3.05) is 31.7 Å². The second-order valence-electron chi connectivity index (χ2n) is 7.29. The lowest BCUT2D eigenvalue weighted by atomic mass is 10.0. The Kier molecular flexibility index (Phi) is 6.16. The molecule has 2 heterocycles. The van der Waals surface area contributed by atoms with Crippen LogP contribution in [-0.4, -0.2) is 48.3 Å². The first kappa shape index (κ1) is 19.9. The Bertz CT molecular complexity index is 978. The van der Waals surface area contributed by atoms with E-state index in [9.17, 15) is 4.79 Å². The van der Waals surface area contributed by atoms with E-state index in [-0.39, 0.29) is 11.9 Å². The minimum absolute atomic E-state index is 0.0108. The van der Waals surface area contributed by atoms with Crippen molar-refractivity contribution in [3.05, 3.63) is 58.6 Å². The third-order valence-corrected chi connectivity index (χ3v) is 5.90. The van der Waals surface area contributed by atoms with Crippen LogP contribution in [0.3, 0.4) is 0 Å². The predicted octanol–water partition coefficient (Wildman–Crippen LogP) is 3.84. The summed E-state index contributed by atoms with van der Waals surface area (Å²) in [5.74, 6) is 0.976. The molecule has 0 bridgehead atoms. The lowest BCUT2D eigenvalue weighted by molar-refractivity contribution is 0.0931. The number of carbonyl (C=O) groups is 1. The van der Waals surface area contributed by atoms with Crippen molar-refractivity contribution in [2.45, 2.75) is 25.4 Å². The number of para-hydroxylation sites is 2. The van der Waals surface area contributed by atoms with Gasteiger partial charge in [-0.15, -0.1) is 0 Å². The zero-order valence-corrected chi connectivity index (χ0v) is 18.1. The Balaban J connectivity index is 1.43. The predicted molar refractivity (Wildman–Crippen MR) is 118 cm³/mol. The number of nitrogens with one attached hydrogen (secondary N) is 1. The molecule has 2 aromatic carbocycles. The van der Waals surface area contributed by atoms with E-state index < -0.39 is 0 Å². The van der Waals surface area contributed by atoms with Gasteiger partial charge in [-0.1, -0.05) is 28.1 Å². The Morgan fingerprint density at radius 1 is 1.17 bits per heavy atom. The summed E-state index contributed by atoms with van der Waals surface area (Å²) in [7, 11) is 1.72. The van der Waals surface area contributed by atoms with Gasteiger partial charge in [-0.05, 0) is 49.2 Å². The molecule has 0 atom stereocenters. The van der Waals surface area contributed by atoms with Gasteiger partial charge in [0.2, 0.25) is 5.95 Å². The van der Waals surface area contributed by atoms with Crippen molar-refractivity contribution in [3.8, 4) is 0 Å². The zero-order chi connectivity index (χ0) is 20.2. The van der Waals surface area contributed by atoms with Gasteiger partial charge in [-0.25, -0.2) is 4.98 Å². The Labute approximate surface area is 179 Å². The highest BCUT2D eigenvalue weighted by Gasteiger charge is 2.24. The number of halogens is 1. The molecule has 1 aliphatic rings. The third kappa shape index (κ3) is 4.46. The van der Waals surface area contributed by atoms with Crippen LogP contribution < -0.4 is 10.2 Å². The van der Waals surface area contributed by atoms with E-state index in [0.29, 0.717) is 12.2 Å². The van der Waals surface area contributed by atoms with Crippen molar-refractivity contribution in [3.63, 3.8) is 0 Å². The SMILES string of the molecule is COCCn1c(N2CCC(NC(=O)c3ccc(Br)cc3)CC2)nc2ccccc21. The monoisotopic (exact) mass is 456 g/mol. The number of piperidine rings is 1. The fourth-order valence-electron chi connectivity index (χ4n) is 3.80. The van der Waals surface area contributed by atoms with E-state index in [1.54, 1.807) is 7.11 Å². The molecule has 0 saturated carbocycles. The zero-order valence-electron chi connectivity index (χ0n) is 16.5. The minimum Gasteiger partial charge on any atom is -0.383 e. The van der Waals surface area contributed by atoms with Crippen molar-refractivity contribution in [1.82, 2.24) is 14.9 Å². The number of methoxy groups -OCH3 is 1. The van der Waals surface area contributed by atoms with Gasteiger partial charge in [0.05, 0.1) is 17.6 Å². The molecule has 4 rings (SSSR count). The molecule has 1 aromatic heterocycles. The number of fused-ring (bicyclic) bond motifs is 1. The van der Waals surface area contributed by atoms with Crippen LogP contribution in [0.15, 0.2) is 53.0 Å². The third-order valence-electron chi connectivity index (χ3n) is 5.37. The fourth-order valence-corrected chi connectivity index (χ4v) is 4.07. The number of anilines is 1. The Morgan fingerprint density at radius 3 is 2.62 bits per heavy atom. The van der Waals surface area contributed by atoms with Crippen LogP contribution in [0.4, 0.5) is 5.95 Å². The van der Waals surface area contributed by atoms with E-state index in [4.69, 9.17) is 9.72 Å². The molecular weight excluding hydrogens is 432 g/mol. The fraction of sp³-hybridized carbons (Fsp3) is 0.364. The van der Waals surface area contributed by atoms with Gasteiger partial charge in [0, 0.05) is 42.8 Å².